The number of fused-ring (bicyclic) bond motifs is 2. The van der Waals surface area contributed by atoms with E-state index in [1.807, 2.05) is 12.1 Å². The van der Waals surface area contributed by atoms with E-state index in [1.165, 1.54) is 0 Å². The zero-order valence-electron chi connectivity index (χ0n) is 8.85. The van der Waals surface area contributed by atoms with Crippen LogP contribution in [0.5, 0.6) is 0 Å². The van der Waals surface area contributed by atoms with Gasteiger partial charge in [0.05, 0.1) is 5.41 Å². The van der Waals surface area contributed by atoms with Crippen molar-refractivity contribution in [2.24, 2.45) is 0 Å². The van der Waals surface area contributed by atoms with Crippen molar-refractivity contribution >= 4 is 27.5 Å². The Kier molecular flexibility index (Phi) is 2.30. The molecule has 4 heteroatoms. The van der Waals surface area contributed by atoms with Crippen molar-refractivity contribution < 1.29 is 4.79 Å². The summed E-state index contributed by atoms with van der Waals surface area (Å²) in [4.78, 5) is 12.2. The van der Waals surface area contributed by atoms with Gasteiger partial charge in [-0.25, -0.2) is 0 Å². The third kappa shape index (κ3) is 1.33. The number of carbonyl (C=O) groups is 1. The van der Waals surface area contributed by atoms with Crippen LogP contribution < -0.4 is 10.6 Å². The topological polar surface area (TPSA) is 41.1 Å². The number of halogens is 1. The van der Waals surface area contributed by atoms with E-state index in [4.69, 9.17) is 0 Å². The molecule has 1 saturated heterocycles. The van der Waals surface area contributed by atoms with Gasteiger partial charge in [-0.05, 0) is 37.1 Å². The lowest BCUT2D eigenvalue weighted by molar-refractivity contribution is -0.121. The van der Waals surface area contributed by atoms with Gasteiger partial charge < -0.3 is 10.6 Å². The zero-order chi connectivity index (χ0) is 11.2. The molecule has 16 heavy (non-hydrogen) atoms. The molecule has 2 aliphatic heterocycles. The predicted octanol–water partition coefficient (Wildman–Crippen LogP) is 2.02. The molecule has 1 aromatic carbocycles. The highest BCUT2D eigenvalue weighted by atomic mass is 79.9. The first-order valence-electron chi connectivity index (χ1n) is 5.55. The second kappa shape index (κ2) is 3.57. The third-order valence-corrected chi connectivity index (χ3v) is 4.06. The van der Waals surface area contributed by atoms with Gasteiger partial charge in [0.1, 0.15) is 0 Å². The van der Waals surface area contributed by atoms with Crippen LogP contribution in [-0.4, -0.2) is 19.0 Å². The molecule has 2 N–H and O–H groups in total. The number of hydrogen-bond acceptors (Lipinski definition) is 2. The second-order valence-corrected chi connectivity index (χ2v) is 5.42. The minimum atomic E-state index is -0.325. The van der Waals surface area contributed by atoms with Crippen LogP contribution in [0.15, 0.2) is 22.7 Å². The maximum absolute atomic E-state index is 12.2. The van der Waals surface area contributed by atoms with Crippen LogP contribution in [0.25, 0.3) is 0 Å². The number of carbonyl (C=O) groups excluding carboxylic acids is 1. The summed E-state index contributed by atoms with van der Waals surface area (Å²) < 4.78 is 1.01. The third-order valence-electron chi connectivity index (χ3n) is 3.56. The molecule has 3 rings (SSSR count). The average molecular weight is 281 g/mol. The van der Waals surface area contributed by atoms with Gasteiger partial charge in [0.2, 0.25) is 5.91 Å². The fourth-order valence-electron chi connectivity index (χ4n) is 2.73. The van der Waals surface area contributed by atoms with E-state index in [9.17, 15) is 4.79 Å². The fourth-order valence-corrected chi connectivity index (χ4v) is 3.09. The lowest BCUT2D eigenvalue weighted by atomic mass is 9.76. The highest BCUT2D eigenvalue weighted by molar-refractivity contribution is 9.10. The van der Waals surface area contributed by atoms with Gasteiger partial charge in [0, 0.05) is 16.7 Å². The molecule has 1 fully saturated rings. The summed E-state index contributed by atoms with van der Waals surface area (Å²) in [5.74, 6) is 0.146. The van der Waals surface area contributed by atoms with Crippen molar-refractivity contribution in [3.05, 3.63) is 28.2 Å². The minimum Gasteiger partial charge on any atom is -0.325 e. The molecule has 0 radical (unpaired) electrons. The van der Waals surface area contributed by atoms with Gasteiger partial charge in [-0.15, -0.1) is 0 Å². The standard InChI is InChI=1S/C12H13BrN2O/c13-8-2-3-9-10(6-8)15-11(16)12(9)4-1-5-14-7-12/h2-3,6,14H,1,4-5,7H2,(H,15,16). The van der Waals surface area contributed by atoms with Crippen molar-refractivity contribution in [3.63, 3.8) is 0 Å². The first kappa shape index (κ1) is 10.3. The Labute approximate surface area is 103 Å². The lowest BCUT2D eigenvalue weighted by Gasteiger charge is -2.32. The SMILES string of the molecule is O=C1Nc2cc(Br)ccc2C12CCCNC2. The number of amides is 1. The fraction of sp³-hybridized carbons (Fsp3) is 0.417. The van der Waals surface area contributed by atoms with E-state index >= 15 is 0 Å². The van der Waals surface area contributed by atoms with Gasteiger partial charge in [-0.1, -0.05) is 22.0 Å². The Morgan fingerprint density at radius 1 is 1.38 bits per heavy atom. The Bertz CT molecular complexity index is 452. The Hall–Kier alpha value is -0.870. The molecule has 84 valence electrons. The number of benzene rings is 1. The molecule has 1 atom stereocenters. The Morgan fingerprint density at radius 3 is 3.00 bits per heavy atom. The van der Waals surface area contributed by atoms with Crippen molar-refractivity contribution in [1.29, 1.82) is 0 Å². The molecule has 0 aliphatic carbocycles. The highest BCUT2D eigenvalue weighted by Gasteiger charge is 2.47. The van der Waals surface area contributed by atoms with E-state index in [0.717, 1.165) is 41.7 Å². The van der Waals surface area contributed by atoms with E-state index in [2.05, 4.69) is 32.6 Å². The van der Waals surface area contributed by atoms with Crippen LogP contribution in [-0.2, 0) is 10.2 Å². The molecule has 1 aromatic rings. The molecule has 0 aromatic heterocycles. The number of piperidine rings is 1. The lowest BCUT2D eigenvalue weighted by Crippen LogP contribution is -2.47. The number of hydrogen-bond donors (Lipinski definition) is 2. The molecule has 1 amide bonds. The van der Waals surface area contributed by atoms with Gasteiger partial charge in [0.25, 0.3) is 0 Å². The molecule has 3 nitrogen and oxygen atoms in total. The molecule has 2 heterocycles. The smallest absolute Gasteiger partial charge is 0.236 e. The van der Waals surface area contributed by atoms with Crippen molar-refractivity contribution in [2.75, 3.05) is 18.4 Å². The maximum Gasteiger partial charge on any atom is 0.236 e. The van der Waals surface area contributed by atoms with Crippen LogP contribution in [0.4, 0.5) is 5.69 Å². The van der Waals surface area contributed by atoms with Crippen molar-refractivity contribution in [3.8, 4) is 0 Å². The molecule has 1 unspecified atom stereocenters. The summed E-state index contributed by atoms with van der Waals surface area (Å²) in [5.41, 5.74) is 1.78. The quantitative estimate of drug-likeness (QED) is 0.764. The van der Waals surface area contributed by atoms with Crippen molar-refractivity contribution in [1.82, 2.24) is 5.32 Å². The zero-order valence-corrected chi connectivity index (χ0v) is 10.4. The summed E-state index contributed by atoms with van der Waals surface area (Å²) in [5, 5.41) is 6.32. The minimum absolute atomic E-state index is 0.146. The highest BCUT2D eigenvalue weighted by Crippen LogP contribution is 2.42. The molecular weight excluding hydrogens is 268 g/mol. The number of rotatable bonds is 0. The Balaban J connectivity index is 2.11. The molecule has 0 bridgehead atoms. The summed E-state index contributed by atoms with van der Waals surface area (Å²) in [7, 11) is 0. The van der Waals surface area contributed by atoms with Crippen LogP contribution in [0.1, 0.15) is 18.4 Å². The first-order chi connectivity index (χ1) is 7.72. The molecular formula is C12H13BrN2O. The molecule has 1 spiro atoms. The van der Waals surface area contributed by atoms with E-state index in [0.29, 0.717) is 0 Å². The monoisotopic (exact) mass is 280 g/mol. The van der Waals surface area contributed by atoms with Crippen molar-refractivity contribution in [2.45, 2.75) is 18.3 Å². The van der Waals surface area contributed by atoms with Crippen LogP contribution >= 0.6 is 15.9 Å². The van der Waals surface area contributed by atoms with Crippen LogP contribution in [0.3, 0.4) is 0 Å². The average Bonchev–Trinajstić information content (AvgIpc) is 2.53. The van der Waals surface area contributed by atoms with Crippen LogP contribution in [0, 0.1) is 0 Å². The van der Waals surface area contributed by atoms with Gasteiger partial charge in [0.15, 0.2) is 0 Å². The first-order valence-corrected chi connectivity index (χ1v) is 6.34. The summed E-state index contributed by atoms with van der Waals surface area (Å²) >= 11 is 3.43. The van der Waals surface area contributed by atoms with E-state index < -0.39 is 0 Å². The largest absolute Gasteiger partial charge is 0.325 e. The maximum atomic E-state index is 12.2. The second-order valence-electron chi connectivity index (χ2n) is 4.51. The summed E-state index contributed by atoms with van der Waals surface area (Å²) in [6, 6.07) is 6.05. The van der Waals surface area contributed by atoms with Gasteiger partial charge in [-0.3, -0.25) is 4.79 Å². The van der Waals surface area contributed by atoms with Crippen LogP contribution in [0.2, 0.25) is 0 Å². The Morgan fingerprint density at radius 2 is 2.25 bits per heavy atom. The number of anilines is 1. The molecule has 2 aliphatic rings. The normalized spacial score (nSPS) is 27.9. The van der Waals surface area contributed by atoms with Gasteiger partial charge >= 0.3 is 0 Å². The van der Waals surface area contributed by atoms with E-state index in [-0.39, 0.29) is 11.3 Å². The van der Waals surface area contributed by atoms with E-state index in [1.54, 1.807) is 0 Å². The van der Waals surface area contributed by atoms with Gasteiger partial charge in [-0.2, -0.15) is 0 Å². The summed E-state index contributed by atoms with van der Waals surface area (Å²) in [6.07, 6.45) is 2.00. The summed E-state index contributed by atoms with van der Waals surface area (Å²) in [6.45, 7) is 1.77. The number of nitrogens with one attached hydrogen (secondary N) is 2. The predicted molar refractivity (Wildman–Crippen MR) is 66.6 cm³/mol. The molecule has 0 saturated carbocycles.